The first-order valence-electron chi connectivity index (χ1n) is 11.4. The van der Waals surface area contributed by atoms with Crippen molar-refractivity contribution >= 4 is 5.97 Å². The van der Waals surface area contributed by atoms with Crippen molar-refractivity contribution in [2.75, 3.05) is 13.2 Å². The van der Waals surface area contributed by atoms with E-state index in [1.54, 1.807) is 0 Å². The number of rotatable bonds is 16. The fourth-order valence-electron chi connectivity index (χ4n) is 3.41. The Hall–Kier alpha value is -2.55. The van der Waals surface area contributed by atoms with Crippen LogP contribution in [0, 0.1) is 0 Å². The summed E-state index contributed by atoms with van der Waals surface area (Å²) in [4.78, 5) is 10.9. The topological polar surface area (TPSA) is 35.5 Å². The minimum atomic E-state index is -0.318. The Morgan fingerprint density at radius 2 is 1.17 bits per heavy atom. The zero-order valence-corrected chi connectivity index (χ0v) is 18.2. The summed E-state index contributed by atoms with van der Waals surface area (Å²) >= 11 is 0. The van der Waals surface area contributed by atoms with Crippen LogP contribution in [0.3, 0.4) is 0 Å². The maximum Gasteiger partial charge on any atom is 0.330 e. The van der Waals surface area contributed by atoms with Crippen LogP contribution in [0.4, 0.5) is 0 Å². The van der Waals surface area contributed by atoms with E-state index in [0.717, 1.165) is 31.6 Å². The van der Waals surface area contributed by atoms with Gasteiger partial charge in [0.25, 0.3) is 0 Å². The Morgan fingerprint density at radius 1 is 0.667 bits per heavy atom. The van der Waals surface area contributed by atoms with Gasteiger partial charge in [0, 0.05) is 6.08 Å². The van der Waals surface area contributed by atoms with Gasteiger partial charge in [-0.1, -0.05) is 100 Å². The second-order valence-corrected chi connectivity index (χ2v) is 7.65. The molecule has 3 heteroatoms. The average Bonchev–Trinajstić information content (AvgIpc) is 2.80. The molecule has 0 aliphatic carbocycles. The van der Waals surface area contributed by atoms with Crippen LogP contribution in [0.15, 0.2) is 67.3 Å². The normalized spacial score (nSPS) is 10.5. The van der Waals surface area contributed by atoms with Gasteiger partial charge in [0.1, 0.15) is 5.75 Å². The summed E-state index contributed by atoms with van der Waals surface area (Å²) in [5, 5.41) is 0. The molecular formula is C27H36O3. The monoisotopic (exact) mass is 408 g/mol. The van der Waals surface area contributed by atoms with Crippen LogP contribution < -0.4 is 4.74 Å². The molecule has 0 amide bonds. The van der Waals surface area contributed by atoms with Gasteiger partial charge in [-0.3, -0.25) is 0 Å². The SMILES string of the molecule is C=CC(=O)OCCCCCCCCCCCCOc1ccc(-c2ccccc2)cc1. The molecule has 3 nitrogen and oxygen atoms in total. The van der Waals surface area contributed by atoms with Gasteiger partial charge < -0.3 is 9.47 Å². The minimum absolute atomic E-state index is 0.318. The highest BCUT2D eigenvalue weighted by atomic mass is 16.5. The zero-order chi connectivity index (χ0) is 21.3. The zero-order valence-electron chi connectivity index (χ0n) is 18.2. The lowest BCUT2D eigenvalue weighted by Gasteiger charge is -2.08. The highest BCUT2D eigenvalue weighted by Gasteiger charge is 1.99. The summed E-state index contributed by atoms with van der Waals surface area (Å²) in [5.74, 6) is 0.635. The largest absolute Gasteiger partial charge is 0.494 e. The maximum absolute atomic E-state index is 10.9. The second kappa shape index (κ2) is 15.3. The van der Waals surface area contributed by atoms with Gasteiger partial charge in [0.2, 0.25) is 0 Å². The molecule has 2 aromatic rings. The predicted molar refractivity (Wildman–Crippen MR) is 125 cm³/mol. The highest BCUT2D eigenvalue weighted by Crippen LogP contribution is 2.22. The van der Waals surface area contributed by atoms with Gasteiger partial charge in [0.05, 0.1) is 13.2 Å². The van der Waals surface area contributed by atoms with Crippen LogP contribution in [0.2, 0.25) is 0 Å². The van der Waals surface area contributed by atoms with Gasteiger partial charge in [-0.25, -0.2) is 4.79 Å². The number of carbonyl (C=O) groups is 1. The Balaban J connectivity index is 1.39. The van der Waals surface area contributed by atoms with Crippen LogP contribution >= 0.6 is 0 Å². The fourth-order valence-corrected chi connectivity index (χ4v) is 3.41. The molecule has 30 heavy (non-hydrogen) atoms. The van der Waals surface area contributed by atoms with Crippen LogP contribution in [0.5, 0.6) is 5.75 Å². The molecule has 2 aromatic carbocycles. The van der Waals surface area contributed by atoms with Crippen molar-refractivity contribution in [3.8, 4) is 16.9 Å². The van der Waals surface area contributed by atoms with E-state index in [1.807, 2.05) is 6.07 Å². The first kappa shape index (κ1) is 23.7. The van der Waals surface area contributed by atoms with Crippen molar-refractivity contribution < 1.29 is 14.3 Å². The number of hydrogen-bond acceptors (Lipinski definition) is 3. The Bertz CT molecular complexity index is 707. The molecule has 2 rings (SSSR count). The molecule has 0 unspecified atom stereocenters. The summed E-state index contributed by atoms with van der Waals surface area (Å²) in [6, 6.07) is 18.8. The van der Waals surface area contributed by atoms with E-state index in [-0.39, 0.29) is 5.97 Å². The molecule has 0 aliphatic heterocycles. The van der Waals surface area contributed by atoms with Crippen LogP contribution in [-0.2, 0) is 9.53 Å². The third-order valence-electron chi connectivity index (χ3n) is 5.18. The summed E-state index contributed by atoms with van der Waals surface area (Å²) in [7, 11) is 0. The van der Waals surface area contributed by atoms with Gasteiger partial charge in [-0.15, -0.1) is 0 Å². The van der Waals surface area contributed by atoms with Gasteiger partial charge in [-0.2, -0.15) is 0 Å². The van der Waals surface area contributed by atoms with Crippen LogP contribution in [0.1, 0.15) is 64.2 Å². The van der Waals surface area contributed by atoms with E-state index in [4.69, 9.17) is 9.47 Å². The van der Waals surface area contributed by atoms with Crippen molar-refractivity contribution in [2.45, 2.75) is 64.2 Å². The molecule has 0 atom stereocenters. The Kier molecular flexibility index (Phi) is 12.1. The smallest absolute Gasteiger partial charge is 0.330 e. The molecular weight excluding hydrogens is 372 g/mol. The maximum atomic E-state index is 10.9. The number of hydrogen-bond donors (Lipinski definition) is 0. The van der Waals surface area contributed by atoms with E-state index < -0.39 is 0 Å². The lowest BCUT2D eigenvalue weighted by atomic mass is 10.1. The molecule has 0 spiro atoms. The molecule has 162 valence electrons. The molecule has 0 bridgehead atoms. The van der Waals surface area contributed by atoms with Gasteiger partial charge in [0.15, 0.2) is 0 Å². The van der Waals surface area contributed by atoms with Crippen LogP contribution in [0.25, 0.3) is 11.1 Å². The van der Waals surface area contributed by atoms with E-state index in [0.29, 0.717) is 6.61 Å². The molecule has 0 saturated heterocycles. The average molecular weight is 409 g/mol. The third kappa shape index (κ3) is 10.3. The Labute approximate surface area is 182 Å². The third-order valence-corrected chi connectivity index (χ3v) is 5.18. The molecule has 0 saturated carbocycles. The van der Waals surface area contributed by atoms with Crippen molar-refractivity contribution in [1.82, 2.24) is 0 Å². The summed E-state index contributed by atoms with van der Waals surface area (Å²) in [6.45, 7) is 4.70. The molecule has 0 heterocycles. The molecule has 0 N–H and O–H groups in total. The Morgan fingerprint density at radius 3 is 1.73 bits per heavy atom. The second-order valence-electron chi connectivity index (χ2n) is 7.65. The lowest BCUT2D eigenvalue weighted by molar-refractivity contribution is -0.137. The molecule has 0 fully saturated rings. The van der Waals surface area contributed by atoms with Crippen molar-refractivity contribution in [3.63, 3.8) is 0 Å². The van der Waals surface area contributed by atoms with Crippen molar-refractivity contribution in [3.05, 3.63) is 67.3 Å². The van der Waals surface area contributed by atoms with Crippen molar-refractivity contribution in [1.29, 1.82) is 0 Å². The number of unbranched alkanes of at least 4 members (excludes halogenated alkanes) is 9. The lowest BCUT2D eigenvalue weighted by Crippen LogP contribution is -2.01. The van der Waals surface area contributed by atoms with E-state index in [9.17, 15) is 4.79 Å². The molecule has 0 aliphatic rings. The standard InChI is InChI=1S/C27H36O3/c1-2-27(28)30-23-15-10-8-6-4-3-5-7-9-14-22-29-26-20-18-25(19-21-26)24-16-12-11-13-17-24/h2,11-13,16-21H,1,3-10,14-15,22-23H2. The first-order valence-corrected chi connectivity index (χ1v) is 11.4. The van der Waals surface area contributed by atoms with E-state index in [1.165, 1.54) is 62.1 Å². The number of carbonyl (C=O) groups excluding carboxylic acids is 1. The number of ether oxygens (including phenoxy) is 2. The quantitative estimate of drug-likeness (QED) is 0.165. The summed E-state index contributed by atoms with van der Waals surface area (Å²) in [5.41, 5.74) is 2.46. The molecule has 0 radical (unpaired) electrons. The van der Waals surface area contributed by atoms with E-state index in [2.05, 4.69) is 55.1 Å². The number of esters is 1. The minimum Gasteiger partial charge on any atom is -0.494 e. The van der Waals surface area contributed by atoms with Crippen LogP contribution in [-0.4, -0.2) is 19.2 Å². The predicted octanol–water partition coefficient (Wildman–Crippen LogP) is 7.36. The van der Waals surface area contributed by atoms with E-state index >= 15 is 0 Å². The first-order chi connectivity index (χ1) is 14.8. The fraction of sp³-hybridized carbons (Fsp3) is 0.444. The number of benzene rings is 2. The molecule has 0 aromatic heterocycles. The summed E-state index contributed by atoms with van der Waals surface area (Å²) < 4.78 is 10.8. The van der Waals surface area contributed by atoms with Gasteiger partial charge >= 0.3 is 5.97 Å². The summed E-state index contributed by atoms with van der Waals surface area (Å²) in [6.07, 6.45) is 13.4. The highest BCUT2D eigenvalue weighted by molar-refractivity contribution is 5.81. The van der Waals surface area contributed by atoms with Gasteiger partial charge in [-0.05, 0) is 36.1 Å². The van der Waals surface area contributed by atoms with Crippen molar-refractivity contribution in [2.24, 2.45) is 0 Å².